The first-order chi connectivity index (χ1) is 14.3. The highest BCUT2D eigenvalue weighted by atomic mass is 32.2. The van der Waals surface area contributed by atoms with Crippen molar-refractivity contribution in [1.29, 1.82) is 0 Å². The average Bonchev–Trinajstić information content (AvgIpc) is 3.17. The van der Waals surface area contributed by atoms with Gasteiger partial charge >= 0.3 is 0 Å². The average molecular weight is 404 g/mol. The number of piperazine rings is 1. The molecule has 1 saturated heterocycles. The van der Waals surface area contributed by atoms with Gasteiger partial charge in [0.2, 0.25) is 5.95 Å². The summed E-state index contributed by atoms with van der Waals surface area (Å²) < 4.78 is 2.45. The van der Waals surface area contributed by atoms with Gasteiger partial charge in [-0.15, -0.1) is 0 Å². The number of hydrogen-bond acceptors (Lipinski definition) is 6. The Morgan fingerprint density at radius 2 is 1.52 bits per heavy atom. The van der Waals surface area contributed by atoms with Crippen molar-refractivity contribution in [2.45, 2.75) is 24.5 Å². The Labute approximate surface area is 176 Å². The van der Waals surface area contributed by atoms with Crippen LogP contribution in [0.15, 0.2) is 71.9 Å². The minimum atomic E-state index is 0.845. The van der Waals surface area contributed by atoms with Gasteiger partial charge in [-0.3, -0.25) is 4.90 Å². The van der Waals surface area contributed by atoms with Gasteiger partial charge in [0, 0.05) is 63.1 Å². The quantitative estimate of drug-likeness (QED) is 0.603. The van der Waals surface area contributed by atoms with Crippen molar-refractivity contribution in [2.24, 2.45) is 0 Å². The molecular formula is C23H25N5S. The molecule has 0 amide bonds. The fraction of sp³-hybridized carbons (Fsp3) is 0.304. The van der Waals surface area contributed by atoms with E-state index in [0.29, 0.717) is 0 Å². The van der Waals surface area contributed by atoms with Crippen LogP contribution in [-0.2, 0) is 19.6 Å². The molecule has 0 N–H and O–H groups in total. The molecule has 0 atom stereocenters. The van der Waals surface area contributed by atoms with Crippen molar-refractivity contribution in [3.05, 3.63) is 83.7 Å². The summed E-state index contributed by atoms with van der Waals surface area (Å²) in [6.45, 7) is 7.07. The molecule has 2 aliphatic heterocycles. The Bertz CT molecular complexity index is 931. The number of aromatic nitrogens is 2. The van der Waals surface area contributed by atoms with Gasteiger partial charge in [-0.2, -0.15) is 0 Å². The summed E-state index contributed by atoms with van der Waals surface area (Å²) in [7, 11) is 0. The molecule has 1 fully saturated rings. The molecule has 0 radical (unpaired) electrons. The van der Waals surface area contributed by atoms with Crippen LogP contribution < -0.4 is 4.90 Å². The van der Waals surface area contributed by atoms with Crippen LogP contribution in [0.3, 0.4) is 0 Å². The lowest BCUT2D eigenvalue weighted by atomic mass is 10.1. The number of hydrogen-bond donors (Lipinski definition) is 0. The molecule has 29 heavy (non-hydrogen) atoms. The van der Waals surface area contributed by atoms with Crippen LogP contribution in [0, 0.1) is 0 Å². The van der Waals surface area contributed by atoms with Gasteiger partial charge < -0.3 is 4.90 Å². The van der Waals surface area contributed by atoms with Crippen LogP contribution in [0.25, 0.3) is 0 Å². The first-order valence-electron chi connectivity index (χ1n) is 10.2. The lowest BCUT2D eigenvalue weighted by molar-refractivity contribution is 0.248. The maximum Gasteiger partial charge on any atom is 0.225 e. The summed E-state index contributed by atoms with van der Waals surface area (Å²) in [5, 5.41) is 0. The van der Waals surface area contributed by atoms with Gasteiger partial charge in [-0.25, -0.2) is 14.3 Å². The van der Waals surface area contributed by atoms with Crippen LogP contribution in [0.4, 0.5) is 5.95 Å². The van der Waals surface area contributed by atoms with Gasteiger partial charge in [0.1, 0.15) is 0 Å². The normalized spacial score (nSPS) is 17.4. The van der Waals surface area contributed by atoms with E-state index in [9.17, 15) is 0 Å². The number of anilines is 1. The topological polar surface area (TPSA) is 35.5 Å². The highest BCUT2D eigenvalue weighted by molar-refractivity contribution is 7.97. The Balaban J connectivity index is 1.16. The summed E-state index contributed by atoms with van der Waals surface area (Å²) in [5.74, 6) is 0.845. The van der Waals surface area contributed by atoms with Crippen LogP contribution in [0.1, 0.15) is 16.7 Å². The lowest BCUT2D eigenvalue weighted by Gasteiger charge is -2.34. The maximum atomic E-state index is 4.38. The summed E-state index contributed by atoms with van der Waals surface area (Å²) in [6, 6.07) is 19.6. The molecular weight excluding hydrogens is 378 g/mol. The number of benzene rings is 2. The Hall–Kier alpha value is -2.41. The summed E-state index contributed by atoms with van der Waals surface area (Å²) >= 11 is 1.87. The van der Waals surface area contributed by atoms with E-state index in [1.807, 2.05) is 30.4 Å². The van der Waals surface area contributed by atoms with E-state index in [1.165, 1.54) is 21.6 Å². The molecule has 148 valence electrons. The van der Waals surface area contributed by atoms with Gasteiger partial charge in [-0.05, 0) is 46.8 Å². The van der Waals surface area contributed by atoms with Crippen molar-refractivity contribution in [3.63, 3.8) is 0 Å². The molecule has 0 bridgehead atoms. The van der Waals surface area contributed by atoms with Crippen molar-refractivity contribution in [3.8, 4) is 0 Å². The number of rotatable bonds is 5. The Kier molecular flexibility index (Phi) is 5.47. The standard InChI is InChI=1S/C23H25N5S/c1-2-7-21-18-28(17-20(21)6-1)29-22-8-3-5-19(15-22)16-26-11-13-27(14-12-26)23-24-9-4-10-25-23/h1-10,15H,11-14,16-18H2. The molecule has 0 spiro atoms. The van der Waals surface area contributed by atoms with E-state index >= 15 is 0 Å². The van der Waals surface area contributed by atoms with E-state index in [1.54, 1.807) is 0 Å². The van der Waals surface area contributed by atoms with Crippen molar-refractivity contribution in [2.75, 3.05) is 31.1 Å². The Morgan fingerprint density at radius 3 is 2.24 bits per heavy atom. The molecule has 5 rings (SSSR count). The second-order valence-corrected chi connectivity index (χ2v) is 8.79. The summed E-state index contributed by atoms with van der Waals surface area (Å²) in [5.41, 5.74) is 4.30. The minimum Gasteiger partial charge on any atom is -0.338 e. The third-order valence-corrected chi connectivity index (χ3v) is 6.54. The molecule has 2 aliphatic rings. The minimum absolute atomic E-state index is 0.845. The van der Waals surface area contributed by atoms with E-state index < -0.39 is 0 Å². The predicted molar refractivity (Wildman–Crippen MR) is 118 cm³/mol. The van der Waals surface area contributed by atoms with Crippen LogP contribution >= 0.6 is 11.9 Å². The predicted octanol–water partition coefficient (Wildman–Crippen LogP) is 3.82. The SMILES string of the molecule is c1cnc(N2CCN(Cc3cccc(SN4Cc5ccccc5C4)c3)CC2)nc1. The second kappa shape index (κ2) is 8.53. The fourth-order valence-corrected chi connectivity index (χ4v) is 5.08. The van der Waals surface area contributed by atoms with Crippen molar-refractivity contribution < 1.29 is 0 Å². The molecule has 1 aromatic heterocycles. The third kappa shape index (κ3) is 4.45. The summed E-state index contributed by atoms with van der Waals surface area (Å²) in [6.07, 6.45) is 3.63. The molecule has 6 heteroatoms. The van der Waals surface area contributed by atoms with Crippen LogP contribution in [0.2, 0.25) is 0 Å². The van der Waals surface area contributed by atoms with E-state index in [0.717, 1.165) is 51.8 Å². The molecule has 5 nitrogen and oxygen atoms in total. The zero-order valence-corrected chi connectivity index (χ0v) is 17.3. The van der Waals surface area contributed by atoms with Crippen molar-refractivity contribution >= 4 is 17.9 Å². The fourth-order valence-electron chi connectivity index (χ4n) is 4.03. The maximum absolute atomic E-state index is 4.38. The largest absolute Gasteiger partial charge is 0.338 e. The van der Waals surface area contributed by atoms with Crippen LogP contribution in [0.5, 0.6) is 0 Å². The van der Waals surface area contributed by atoms with E-state index in [-0.39, 0.29) is 0 Å². The Morgan fingerprint density at radius 1 is 0.793 bits per heavy atom. The zero-order valence-electron chi connectivity index (χ0n) is 16.4. The molecule has 2 aromatic carbocycles. The molecule has 3 aromatic rings. The number of nitrogens with zero attached hydrogens (tertiary/aromatic N) is 5. The van der Waals surface area contributed by atoms with Gasteiger partial charge in [0.05, 0.1) is 0 Å². The van der Waals surface area contributed by atoms with Gasteiger partial charge in [0.15, 0.2) is 0 Å². The van der Waals surface area contributed by atoms with Gasteiger partial charge in [-0.1, -0.05) is 36.4 Å². The first kappa shape index (κ1) is 18.6. The highest BCUT2D eigenvalue weighted by Crippen LogP contribution is 2.33. The zero-order chi connectivity index (χ0) is 19.5. The molecule has 0 aliphatic carbocycles. The molecule has 0 unspecified atom stereocenters. The van der Waals surface area contributed by atoms with E-state index in [4.69, 9.17) is 0 Å². The first-order valence-corrected chi connectivity index (χ1v) is 10.9. The van der Waals surface area contributed by atoms with Gasteiger partial charge in [0.25, 0.3) is 0 Å². The summed E-state index contributed by atoms with van der Waals surface area (Å²) in [4.78, 5) is 14.9. The molecule has 3 heterocycles. The second-order valence-electron chi connectivity index (χ2n) is 7.62. The smallest absolute Gasteiger partial charge is 0.225 e. The monoisotopic (exact) mass is 403 g/mol. The van der Waals surface area contributed by atoms with Crippen LogP contribution in [-0.4, -0.2) is 45.4 Å². The number of fused-ring (bicyclic) bond motifs is 1. The van der Waals surface area contributed by atoms with Crippen molar-refractivity contribution in [1.82, 2.24) is 19.2 Å². The van der Waals surface area contributed by atoms with E-state index in [2.05, 4.69) is 72.6 Å². The molecule has 0 saturated carbocycles. The third-order valence-electron chi connectivity index (χ3n) is 5.56. The highest BCUT2D eigenvalue weighted by Gasteiger charge is 2.20. The lowest BCUT2D eigenvalue weighted by Crippen LogP contribution is -2.46.